The fourth-order valence-corrected chi connectivity index (χ4v) is 6.32. The van der Waals surface area contributed by atoms with E-state index >= 15 is 0 Å². The summed E-state index contributed by atoms with van der Waals surface area (Å²) in [6.07, 6.45) is 4.02. The highest BCUT2D eigenvalue weighted by atomic mass is 32.2. The van der Waals surface area contributed by atoms with Crippen molar-refractivity contribution in [2.75, 3.05) is 31.6 Å². The molecule has 5 atom stereocenters. The summed E-state index contributed by atoms with van der Waals surface area (Å²) < 4.78 is 0. The summed E-state index contributed by atoms with van der Waals surface area (Å²) in [6, 6.07) is 1.28. The number of carbonyl (C=O) groups is 7. The number of aromatic nitrogens is 1. The number of benzene rings is 1. The molecule has 0 unspecified atom stereocenters. The molecule has 0 aliphatic carbocycles. The van der Waals surface area contributed by atoms with Crippen LogP contribution in [0.15, 0.2) is 35.5 Å². The summed E-state index contributed by atoms with van der Waals surface area (Å²) in [4.78, 5) is 97.8. The predicted molar refractivity (Wildman–Crippen MR) is 196 cm³/mol. The molecule has 5 amide bonds. The second-order valence-electron chi connectivity index (χ2n) is 12.5. The molecule has 290 valence electrons. The number of hydrogen-bond donors (Lipinski definition) is 10. The third-order valence-electron chi connectivity index (χ3n) is 8.54. The molecule has 53 heavy (non-hydrogen) atoms. The Balaban J connectivity index is 1.75. The Hall–Kier alpha value is -5.37. The smallest absolute Gasteiger partial charge is 0.326 e. The van der Waals surface area contributed by atoms with Gasteiger partial charge in [-0.25, -0.2) is 4.79 Å². The zero-order valence-electron chi connectivity index (χ0n) is 29.3. The summed E-state index contributed by atoms with van der Waals surface area (Å²) >= 11 is 1.46. The molecule has 1 aliphatic rings. The first-order chi connectivity index (χ1) is 25.2. The number of aliphatic imine (C=N–C) groups is 1. The van der Waals surface area contributed by atoms with Gasteiger partial charge in [-0.3, -0.25) is 33.8 Å². The molecule has 1 fully saturated rings. The van der Waals surface area contributed by atoms with Crippen molar-refractivity contribution < 1.29 is 43.8 Å². The third kappa shape index (κ3) is 13.0. The van der Waals surface area contributed by atoms with Gasteiger partial charge in [0.15, 0.2) is 5.96 Å². The predicted octanol–water partition coefficient (Wildman–Crippen LogP) is -2.03. The second-order valence-corrected chi connectivity index (χ2v) is 13.5. The van der Waals surface area contributed by atoms with E-state index in [0.717, 1.165) is 10.9 Å². The van der Waals surface area contributed by atoms with Crippen molar-refractivity contribution in [1.82, 2.24) is 31.2 Å². The molecule has 19 nitrogen and oxygen atoms in total. The standard InChI is InChI=1S/C33H48N10O9S/c1-53-13-10-20(34)28(47)42-23(15-27(45)46)29(48)39-17-26(44)40-24(14-18-16-38-21-7-3-2-6-19(18)21)31(50)43-12-5-9-25(43)30(49)41-22(32(51)52)8-4-11-37-33(35)36/h2-3,6-7,16,20,22-25,38H,4-5,8-15,17,34H2,1H3,(H,39,48)(H,40,44)(H,41,49)(H,42,47)(H,45,46)(H,51,52)(H4,35,36,37)/t20-,22-,23-,24-,25-/m0/s1. The minimum absolute atomic E-state index is 0.0124. The third-order valence-corrected chi connectivity index (χ3v) is 9.18. The number of carboxylic acids is 2. The number of likely N-dealkylation sites (tertiary alicyclic amines) is 1. The molecule has 1 aliphatic heterocycles. The zero-order valence-corrected chi connectivity index (χ0v) is 30.2. The van der Waals surface area contributed by atoms with E-state index in [9.17, 15) is 43.8 Å². The summed E-state index contributed by atoms with van der Waals surface area (Å²) in [6.45, 7) is -0.357. The Kier molecular flexibility index (Phi) is 16.4. The first-order valence-electron chi connectivity index (χ1n) is 17.0. The number of nitrogens with two attached hydrogens (primary N) is 3. The first-order valence-corrected chi connectivity index (χ1v) is 18.4. The number of para-hydroxylation sites is 1. The maximum absolute atomic E-state index is 14.1. The summed E-state index contributed by atoms with van der Waals surface area (Å²) in [5.41, 5.74) is 17.9. The molecular formula is C33H48N10O9S. The van der Waals surface area contributed by atoms with Crippen molar-refractivity contribution in [3.8, 4) is 0 Å². The Morgan fingerprint density at radius 3 is 2.42 bits per heavy atom. The van der Waals surface area contributed by atoms with Crippen LogP contribution in [-0.2, 0) is 40.0 Å². The molecule has 20 heteroatoms. The van der Waals surface area contributed by atoms with E-state index in [2.05, 4.69) is 31.2 Å². The van der Waals surface area contributed by atoms with Gasteiger partial charge in [-0.2, -0.15) is 11.8 Å². The van der Waals surface area contributed by atoms with E-state index in [1.54, 1.807) is 6.20 Å². The van der Waals surface area contributed by atoms with Crippen LogP contribution in [0.3, 0.4) is 0 Å². The Morgan fingerprint density at radius 1 is 1.00 bits per heavy atom. The van der Waals surface area contributed by atoms with Crippen LogP contribution in [0.1, 0.15) is 44.1 Å². The Bertz CT molecular complexity index is 1660. The number of nitrogens with one attached hydrogen (secondary N) is 5. The van der Waals surface area contributed by atoms with Gasteiger partial charge in [0.25, 0.3) is 0 Å². The number of H-pyrrole nitrogens is 1. The molecule has 0 saturated carbocycles. The monoisotopic (exact) mass is 760 g/mol. The number of amides is 5. The first kappa shape index (κ1) is 42.0. The minimum atomic E-state index is -1.53. The zero-order chi connectivity index (χ0) is 39.1. The molecule has 13 N–H and O–H groups in total. The Labute approximate surface area is 309 Å². The number of rotatable bonds is 21. The lowest BCUT2D eigenvalue weighted by molar-refractivity contribution is -0.145. The highest BCUT2D eigenvalue weighted by Gasteiger charge is 2.39. The average Bonchev–Trinajstić information content (AvgIpc) is 3.77. The van der Waals surface area contributed by atoms with Gasteiger partial charge in [0.05, 0.1) is 19.0 Å². The van der Waals surface area contributed by atoms with E-state index in [1.807, 2.05) is 30.5 Å². The van der Waals surface area contributed by atoms with Crippen molar-refractivity contribution in [3.63, 3.8) is 0 Å². The van der Waals surface area contributed by atoms with Crippen LogP contribution < -0.4 is 38.5 Å². The number of nitrogens with zero attached hydrogens (tertiary/aromatic N) is 2. The summed E-state index contributed by atoms with van der Waals surface area (Å²) in [5, 5.41) is 29.6. The van der Waals surface area contributed by atoms with Crippen molar-refractivity contribution in [2.45, 2.75) is 75.2 Å². The second kappa shape index (κ2) is 20.6. The molecule has 1 saturated heterocycles. The van der Waals surface area contributed by atoms with Gasteiger partial charge in [-0.05, 0) is 55.7 Å². The van der Waals surface area contributed by atoms with Crippen LogP contribution in [0.4, 0.5) is 0 Å². The Morgan fingerprint density at radius 2 is 1.74 bits per heavy atom. The van der Waals surface area contributed by atoms with Gasteiger partial charge < -0.3 is 58.6 Å². The van der Waals surface area contributed by atoms with Crippen LogP contribution in [0, 0.1) is 0 Å². The van der Waals surface area contributed by atoms with Gasteiger partial charge in [-0.15, -0.1) is 0 Å². The van der Waals surface area contributed by atoms with Gasteiger partial charge in [0.1, 0.15) is 24.2 Å². The molecule has 3 rings (SSSR count). The summed E-state index contributed by atoms with van der Waals surface area (Å²) in [7, 11) is 0. The van der Waals surface area contributed by atoms with Crippen LogP contribution in [0.5, 0.6) is 0 Å². The van der Waals surface area contributed by atoms with Crippen molar-refractivity contribution in [3.05, 3.63) is 36.0 Å². The number of carbonyl (C=O) groups excluding carboxylic acids is 5. The lowest BCUT2D eigenvalue weighted by Gasteiger charge is -2.29. The van der Waals surface area contributed by atoms with Gasteiger partial charge in [0, 0.05) is 36.6 Å². The lowest BCUT2D eigenvalue weighted by atomic mass is 10.0. The topological polar surface area (TPSA) is 318 Å². The molecule has 1 aromatic carbocycles. The molecular weight excluding hydrogens is 712 g/mol. The van der Waals surface area contributed by atoms with Gasteiger partial charge >= 0.3 is 11.9 Å². The number of thioether (sulfide) groups is 1. The number of aliphatic carboxylic acids is 2. The van der Waals surface area contributed by atoms with Crippen LogP contribution in [-0.4, -0.2) is 129 Å². The fourth-order valence-electron chi connectivity index (χ4n) is 5.83. The molecule has 0 radical (unpaired) electrons. The molecule has 0 spiro atoms. The number of carboxylic acid groups (broad SMARTS) is 2. The van der Waals surface area contributed by atoms with E-state index < -0.39 is 84.6 Å². The summed E-state index contributed by atoms with van der Waals surface area (Å²) in [5.74, 6) is -5.98. The SMILES string of the molecule is CSCC[C@H](N)C(=O)N[C@@H](CC(=O)O)C(=O)NCC(=O)N[C@@H](Cc1c[nH]c2ccccc12)C(=O)N1CCC[C@H]1C(=O)N[C@@H](CCCN=C(N)N)C(=O)O. The van der Waals surface area contributed by atoms with E-state index in [-0.39, 0.29) is 44.7 Å². The van der Waals surface area contributed by atoms with Gasteiger partial charge in [0.2, 0.25) is 29.5 Å². The van der Waals surface area contributed by atoms with Crippen molar-refractivity contribution in [2.24, 2.45) is 22.2 Å². The van der Waals surface area contributed by atoms with Crippen LogP contribution >= 0.6 is 11.8 Å². The average molecular weight is 761 g/mol. The lowest BCUT2D eigenvalue weighted by Crippen LogP contribution is -2.57. The maximum atomic E-state index is 14.1. The van der Waals surface area contributed by atoms with Crippen LogP contribution in [0.25, 0.3) is 10.9 Å². The molecule has 0 bridgehead atoms. The van der Waals surface area contributed by atoms with Crippen LogP contribution in [0.2, 0.25) is 0 Å². The number of hydrogen-bond acceptors (Lipinski definition) is 10. The van der Waals surface area contributed by atoms with Gasteiger partial charge in [-0.1, -0.05) is 18.2 Å². The normalized spacial score (nSPS) is 16.1. The van der Waals surface area contributed by atoms with Crippen molar-refractivity contribution >= 4 is 70.1 Å². The quantitative estimate of drug-likeness (QED) is 0.0373. The highest BCUT2D eigenvalue weighted by molar-refractivity contribution is 7.98. The van der Waals surface area contributed by atoms with Crippen molar-refractivity contribution in [1.29, 1.82) is 0 Å². The van der Waals surface area contributed by atoms with E-state index in [1.165, 1.54) is 16.7 Å². The fraction of sp³-hybridized carbons (Fsp3) is 0.515. The number of fused-ring (bicyclic) bond motifs is 1. The molecule has 2 aromatic rings. The van der Waals surface area contributed by atoms with E-state index in [4.69, 9.17) is 17.2 Å². The highest BCUT2D eigenvalue weighted by Crippen LogP contribution is 2.23. The molecule has 1 aromatic heterocycles. The van der Waals surface area contributed by atoms with E-state index in [0.29, 0.717) is 24.2 Å². The maximum Gasteiger partial charge on any atom is 0.326 e. The number of guanidine groups is 1. The number of aromatic amines is 1. The molecule has 2 heterocycles. The largest absolute Gasteiger partial charge is 0.481 e. The minimum Gasteiger partial charge on any atom is -0.481 e.